The molecule has 0 aliphatic rings. The van der Waals surface area contributed by atoms with Crippen molar-refractivity contribution in [1.82, 2.24) is 0 Å². The molecule has 0 saturated heterocycles. The van der Waals surface area contributed by atoms with Gasteiger partial charge in [0.15, 0.2) is 0 Å². The maximum Gasteiger partial charge on any atom is 0.245 e. The molecule has 0 fully saturated rings. The van der Waals surface area contributed by atoms with Crippen LogP contribution in [0.2, 0.25) is 0 Å². The molecule has 134 valence electrons. The highest BCUT2D eigenvalue weighted by molar-refractivity contribution is 7.92. The zero-order valence-corrected chi connectivity index (χ0v) is 15.0. The van der Waals surface area contributed by atoms with Gasteiger partial charge in [-0.1, -0.05) is 24.3 Å². The molecule has 0 aliphatic heterocycles. The van der Waals surface area contributed by atoms with Crippen LogP contribution in [0.3, 0.4) is 0 Å². The van der Waals surface area contributed by atoms with E-state index >= 15 is 0 Å². The number of amides is 1. The number of hydrogen-bond acceptors (Lipinski definition) is 5. The first-order valence-electron chi connectivity index (χ1n) is 7.40. The number of anilines is 2. The van der Waals surface area contributed by atoms with Gasteiger partial charge in [0.2, 0.25) is 15.9 Å². The molecule has 8 heteroatoms. The number of rotatable bonds is 7. The lowest BCUT2D eigenvalue weighted by molar-refractivity contribution is -0.114. The summed E-state index contributed by atoms with van der Waals surface area (Å²) in [5.74, 6) is 0.345. The van der Waals surface area contributed by atoms with Crippen molar-refractivity contribution < 1.29 is 22.7 Å². The Kier molecular flexibility index (Phi) is 5.87. The number of hydrogen-bond donors (Lipinski definition) is 1. The maximum atomic E-state index is 12.4. The van der Waals surface area contributed by atoms with Crippen LogP contribution in [0, 0.1) is 0 Å². The molecule has 0 saturated carbocycles. The van der Waals surface area contributed by atoms with E-state index in [1.165, 1.54) is 14.2 Å². The van der Waals surface area contributed by atoms with Crippen LogP contribution < -0.4 is 19.1 Å². The first-order valence-corrected chi connectivity index (χ1v) is 9.25. The van der Waals surface area contributed by atoms with Gasteiger partial charge in [0.1, 0.15) is 18.0 Å². The predicted molar refractivity (Wildman–Crippen MR) is 96.8 cm³/mol. The zero-order valence-electron chi connectivity index (χ0n) is 14.2. The van der Waals surface area contributed by atoms with Gasteiger partial charge in [-0.05, 0) is 24.3 Å². The van der Waals surface area contributed by atoms with E-state index in [4.69, 9.17) is 9.47 Å². The van der Waals surface area contributed by atoms with E-state index in [1.54, 1.807) is 48.5 Å². The molecule has 0 unspecified atom stereocenters. The molecule has 2 aromatic carbocycles. The number of sulfonamides is 1. The van der Waals surface area contributed by atoms with Crippen LogP contribution in [-0.2, 0) is 14.8 Å². The summed E-state index contributed by atoms with van der Waals surface area (Å²) in [7, 11) is -0.765. The van der Waals surface area contributed by atoms with Gasteiger partial charge in [-0.2, -0.15) is 0 Å². The van der Waals surface area contributed by atoms with Crippen LogP contribution in [0.5, 0.6) is 11.5 Å². The minimum Gasteiger partial charge on any atom is -0.495 e. The van der Waals surface area contributed by atoms with E-state index in [0.29, 0.717) is 22.9 Å². The number of nitrogens with one attached hydrogen (secondary N) is 1. The highest BCUT2D eigenvalue weighted by atomic mass is 32.2. The van der Waals surface area contributed by atoms with Crippen LogP contribution in [0.4, 0.5) is 11.4 Å². The van der Waals surface area contributed by atoms with Crippen molar-refractivity contribution in [1.29, 1.82) is 0 Å². The quantitative estimate of drug-likeness (QED) is 0.813. The van der Waals surface area contributed by atoms with Gasteiger partial charge in [-0.3, -0.25) is 9.10 Å². The zero-order chi connectivity index (χ0) is 18.4. The first kappa shape index (κ1) is 18.6. The predicted octanol–water partition coefficient (Wildman–Crippen LogP) is 2.11. The van der Waals surface area contributed by atoms with Gasteiger partial charge >= 0.3 is 0 Å². The lowest BCUT2D eigenvalue weighted by Gasteiger charge is -2.23. The average Bonchev–Trinajstić information content (AvgIpc) is 2.59. The van der Waals surface area contributed by atoms with E-state index in [1.807, 2.05) is 0 Å². The number of ether oxygens (including phenoxy) is 2. The van der Waals surface area contributed by atoms with Crippen LogP contribution in [0.15, 0.2) is 48.5 Å². The van der Waals surface area contributed by atoms with Crippen molar-refractivity contribution in [2.75, 3.05) is 36.6 Å². The fraction of sp³-hybridized carbons (Fsp3) is 0.235. The third kappa shape index (κ3) is 4.63. The number of nitrogens with zero attached hydrogens (tertiary/aromatic N) is 1. The molecular formula is C17H20N2O5S. The van der Waals surface area contributed by atoms with E-state index in [-0.39, 0.29) is 0 Å². The molecule has 0 spiro atoms. The van der Waals surface area contributed by atoms with Crippen molar-refractivity contribution >= 4 is 27.3 Å². The number of para-hydroxylation sites is 4. The Bertz CT molecular complexity index is 852. The number of methoxy groups -OCH3 is 2. The van der Waals surface area contributed by atoms with Gasteiger partial charge in [0, 0.05) is 0 Å². The number of benzene rings is 2. The van der Waals surface area contributed by atoms with Crippen LogP contribution in [0.25, 0.3) is 0 Å². The lowest BCUT2D eigenvalue weighted by atomic mass is 10.2. The van der Waals surface area contributed by atoms with E-state index in [2.05, 4.69) is 5.32 Å². The van der Waals surface area contributed by atoms with Gasteiger partial charge in [-0.15, -0.1) is 0 Å². The first-order chi connectivity index (χ1) is 11.9. The van der Waals surface area contributed by atoms with E-state index in [0.717, 1.165) is 10.6 Å². The Morgan fingerprint density at radius 2 is 1.56 bits per heavy atom. The molecule has 0 bridgehead atoms. The molecule has 0 aliphatic carbocycles. The van der Waals surface area contributed by atoms with Crippen LogP contribution >= 0.6 is 0 Å². The molecular weight excluding hydrogens is 344 g/mol. The van der Waals surface area contributed by atoms with Crippen molar-refractivity contribution in [2.24, 2.45) is 0 Å². The molecule has 25 heavy (non-hydrogen) atoms. The molecule has 2 rings (SSSR count). The van der Waals surface area contributed by atoms with Crippen LogP contribution in [0.1, 0.15) is 0 Å². The summed E-state index contributed by atoms with van der Waals surface area (Å²) >= 11 is 0. The molecule has 2 aromatic rings. The number of carbonyl (C=O) groups excluding carboxylic acids is 1. The summed E-state index contributed by atoms with van der Waals surface area (Å²) in [6, 6.07) is 13.5. The topological polar surface area (TPSA) is 84.9 Å². The Morgan fingerprint density at radius 1 is 1.00 bits per heavy atom. The summed E-state index contributed by atoms with van der Waals surface area (Å²) in [5, 5.41) is 2.66. The maximum absolute atomic E-state index is 12.4. The monoisotopic (exact) mass is 364 g/mol. The van der Waals surface area contributed by atoms with Gasteiger partial charge in [0.25, 0.3) is 0 Å². The summed E-state index contributed by atoms with van der Waals surface area (Å²) in [4.78, 5) is 12.4. The summed E-state index contributed by atoms with van der Waals surface area (Å²) in [6.07, 6.45) is 1.04. The standard InChI is InChI=1S/C17H20N2O5S/c1-23-15-10-6-4-8-13(15)18-17(20)12-19(25(3,21)22)14-9-5-7-11-16(14)24-2/h4-11H,12H2,1-3H3,(H,18,20). The smallest absolute Gasteiger partial charge is 0.245 e. The fourth-order valence-corrected chi connectivity index (χ4v) is 3.14. The Morgan fingerprint density at radius 3 is 2.16 bits per heavy atom. The van der Waals surface area contributed by atoms with E-state index in [9.17, 15) is 13.2 Å². The molecule has 0 atom stereocenters. The van der Waals surface area contributed by atoms with Gasteiger partial charge in [0.05, 0.1) is 31.9 Å². The Hall–Kier alpha value is -2.74. The Labute approximate surface area is 147 Å². The normalized spacial score (nSPS) is 10.8. The molecule has 0 heterocycles. The van der Waals surface area contributed by atoms with Gasteiger partial charge < -0.3 is 14.8 Å². The highest BCUT2D eigenvalue weighted by Crippen LogP contribution is 2.29. The summed E-state index contributed by atoms with van der Waals surface area (Å²) < 4.78 is 35.7. The van der Waals surface area contributed by atoms with Crippen molar-refractivity contribution in [2.45, 2.75) is 0 Å². The third-order valence-corrected chi connectivity index (χ3v) is 4.55. The Balaban J connectivity index is 2.28. The molecule has 1 amide bonds. The van der Waals surface area contributed by atoms with Crippen molar-refractivity contribution in [3.05, 3.63) is 48.5 Å². The highest BCUT2D eigenvalue weighted by Gasteiger charge is 2.24. The fourth-order valence-electron chi connectivity index (χ4n) is 2.28. The van der Waals surface area contributed by atoms with E-state index < -0.39 is 22.5 Å². The van der Waals surface area contributed by atoms with Crippen LogP contribution in [-0.4, -0.2) is 41.3 Å². The van der Waals surface area contributed by atoms with Crippen molar-refractivity contribution in [3.8, 4) is 11.5 Å². The second-order valence-electron chi connectivity index (χ2n) is 5.19. The molecule has 7 nitrogen and oxygen atoms in total. The molecule has 0 radical (unpaired) electrons. The largest absolute Gasteiger partial charge is 0.495 e. The van der Waals surface area contributed by atoms with Crippen molar-refractivity contribution in [3.63, 3.8) is 0 Å². The molecule has 1 N–H and O–H groups in total. The number of carbonyl (C=O) groups is 1. The second kappa shape index (κ2) is 7.89. The third-order valence-electron chi connectivity index (χ3n) is 3.42. The minimum absolute atomic E-state index is 0.294. The summed E-state index contributed by atoms with van der Waals surface area (Å²) in [5.41, 5.74) is 0.756. The lowest BCUT2D eigenvalue weighted by Crippen LogP contribution is -2.37. The average molecular weight is 364 g/mol. The second-order valence-corrected chi connectivity index (χ2v) is 7.10. The SMILES string of the molecule is COc1ccccc1NC(=O)CN(c1ccccc1OC)S(C)(=O)=O. The van der Waals surface area contributed by atoms with Gasteiger partial charge in [-0.25, -0.2) is 8.42 Å². The molecule has 0 aromatic heterocycles. The summed E-state index contributed by atoms with van der Waals surface area (Å²) in [6.45, 7) is -0.392. The minimum atomic E-state index is -3.69.